The maximum absolute atomic E-state index is 13.0. The van der Waals surface area contributed by atoms with E-state index in [1.54, 1.807) is 11.1 Å². The lowest BCUT2D eigenvalue weighted by Crippen LogP contribution is -2.32. The van der Waals surface area contributed by atoms with Gasteiger partial charge >= 0.3 is 0 Å². The van der Waals surface area contributed by atoms with Gasteiger partial charge in [-0.15, -0.1) is 0 Å². The fourth-order valence-corrected chi connectivity index (χ4v) is 3.18. The van der Waals surface area contributed by atoms with Crippen molar-refractivity contribution in [2.45, 2.75) is 26.2 Å². The quantitative estimate of drug-likeness (QED) is 0.845. The van der Waals surface area contributed by atoms with Crippen molar-refractivity contribution in [3.63, 3.8) is 0 Å². The molecule has 0 saturated heterocycles. The summed E-state index contributed by atoms with van der Waals surface area (Å²) in [4.78, 5) is 37.6. The summed E-state index contributed by atoms with van der Waals surface area (Å²) in [7, 11) is 0. The standard InChI is InChI=1S/C19H20N4O2/c1-13-11-21-15(12-20-13)19(25)23-10-4-9-22(18(24)14-7-8-14)16-5-2-3-6-17(16)23/h2-3,5-6,11-12,14H,4,7-10H2,1H3. The molecule has 6 nitrogen and oxygen atoms in total. The molecule has 2 heterocycles. The van der Waals surface area contributed by atoms with Crippen molar-refractivity contribution in [2.75, 3.05) is 22.9 Å². The smallest absolute Gasteiger partial charge is 0.278 e. The van der Waals surface area contributed by atoms with E-state index < -0.39 is 0 Å². The first-order valence-electron chi connectivity index (χ1n) is 8.66. The first-order valence-corrected chi connectivity index (χ1v) is 8.66. The van der Waals surface area contributed by atoms with E-state index in [0.717, 1.165) is 36.3 Å². The Morgan fingerprint density at radius 1 is 1.00 bits per heavy atom. The van der Waals surface area contributed by atoms with Gasteiger partial charge in [0.15, 0.2) is 0 Å². The summed E-state index contributed by atoms with van der Waals surface area (Å²) in [5, 5.41) is 0. The number of aromatic nitrogens is 2. The molecule has 128 valence electrons. The lowest BCUT2D eigenvalue weighted by molar-refractivity contribution is -0.119. The summed E-state index contributed by atoms with van der Waals surface area (Å²) in [6.45, 7) is 3.03. The van der Waals surface area contributed by atoms with Gasteiger partial charge in [0.1, 0.15) is 5.69 Å². The third-order valence-electron chi connectivity index (χ3n) is 4.66. The molecule has 2 aliphatic rings. The number of benzene rings is 1. The van der Waals surface area contributed by atoms with Crippen LogP contribution in [0.1, 0.15) is 35.4 Å². The summed E-state index contributed by atoms with van der Waals surface area (Å²) in [6.07, 6.45) is 5.79. The zero-order valence-corrected chi connectivity index (χ0v) is 14.2. The van der Waals surface area contributed by atoms with Crippen molar-refractivity contribution in [3.05, 3.63) is 48.0 Å². The first kappa shape index (κ1) is 15.7. The molecule has 25 heavy (non-hydrogen) atoms. The second kappa shape index (κ2) is 6.27. The van der Waals surface area contributed by atoms with Gasteiger partial charge in [-0.05, 0) is 38.3 Å². The Bertz CT molecular complexity index is 814. The predicted molar refractivity (Wildman–Crippen MR) is 94.6 cm³/mol. The molecule has 6 heteroatoms. The summed E-state index contributed by atoms with van der Waals surface area (Å²) in [5.41, 5.74) is 2.67. The number of amides is 2. The number of aryl methyl sites for hydroxylation is 1. The number of nitrogens with zero attached hydrogens (tertiary/aromatic N) is 4. The summed E-state index contributed by atoms with van der Waals surface area (Å²) in [5.74, 6) is 0.149. The fraction of sp³-hybridized carbons (Fsp3) is 0.368. The SMILES string of the molecule is Cc1cnc(C(=O)N2CCCN(C(=O)C3CC3)c3ccccc32)cn1. The molecule has 2 aromatic rings. The molecular formula is C19H20N4O2. The largest absolute Gasteiger partial charge is 0.310 e. The van der Waals surface area contributed by atoms with E-state index in [4.69, 9.17) is 0 Å². The van der Waals surface area contributed by atoms with Gasteiger partial charge < -0.3 is 9.80 Å². The Labute approximate surface area is 146 Å². The van der Waals surface area contributed by atoms with Crippen molar-refractivity contribution in [1.29, 1.82) is 0 Å². The topological polar surface area (TPSA) is 66.4 Å². The number of hydrogen-bond donors (Lipinski definition) is 0. The highest BCUT2D eigenvalue weighted by Gasteiger charge is 2.36. The van der Waals surface area contributed by atoms with Crippen LogP contribution in [0, 0.1) is 12.8 Å². The minimum absolute atomic E-state index is 0.151. The van der Waals surface area contributed by atoms with E-state index in [0.29, 0.717) is 18.8 Å². The van der Waals surface area contributed by atoms with Crippen LogP contribution in [0.5, 0.6) is 0 Å². The normalized spacial score (nSPS) is 17.0. The molecule has 0 radical (unpaired) electrons. The molecular weight excluding hydrogens is 316 g/mol. The summed E-state index contributed by atoms with van der Waals surface area (Å²) >= 11 is 0. The van der Waals surface area contributed by atoms with E-state index in [1.165, 1.54) is 6.20 Å². The van der Waals surface area contributed by atoms with Crippen LogP contribution in [0.4, 0.5) is 11.4 Å². The number of para-hydroxylation sites is 2. The van der Waals surface area contributed by atoms with Gasteiger partial charge in [-0.2, -0.15) is 0 Å². The van der Waals surface area contributed by atoms with Gasteiger partial charge in [0, 0.05) is 25.2 Å². The lowest BCUT2D eigenvalue weighted by atomic mass is 10.2. The van der Waals surface area contributed by atoms with Gasteiger partial charge in [-0.1, -0.05) is 12.1 Å². The molecule has 1 saturated carbocycles. The van der Waals surface area contributed by atoms with Crippen LogP contribution in [0.3, 0.4) is 0 Å². The Balaban J connectivity index is 1.70. The molecule has 0 unspecified atom stereocenters. The summed E-state index contributed by atoms with van der Waals surface area (Å²) in [6, 6.07) is 7.62. The van der Waals surface area contributed by atoms with E-state index in [1.807, 2.05) is 36.1 Å². The van der Waals surface area contributed by atoms with Gasteiger partial charge in [-0.3, -0.25) is 14.6 Å². The van der Waals surface area contributed by atoms with Crippen molar-refractivity contribution < 1.29 is 9.59 Å². The average molecular weight is 336 g/mol. The predicted octanol–water partition coefficient (Wildman–Crippen LogP) is 2.58. The highest BCUT2D eigenvalue weighted by molar-refractivity contribution is 6.09. The van der Waals surface area contributed by atoms with Crippen LogP contribution in [0.2, 0.25) is 0 Å². The zero-order chi connectivity index (χ0) is 17.4. The molecule has 1 fully saturated rings. The molecule has 0 bridgehead atoms. The molecule has 1 aliphatic heterocycles. The Kier molecular flexibility index (Phi) is 3.95. The molecule has 0 N–H and O–H groups in total. The van der Waals surface area contributed by atoms with E-state index in [-0.39, 0.29) is 17.7 Å². The Hall–Kier alpha value is -2.76. The number of carbonyl (C=O) groups is 2. The number of carbonyl (C=O) groups excluding carboxylic acids is 2. The van der Waals surface area contributed by atoms with Gasteiger partial charge in [0.2, 0.25) is 5.91 Å². The Morgan fingerprint density at radius 2 is 1.68 bits per heavy atom. The average Bonchev–Trinajstić information content (AvgIpc) is 3.48. The minimum atomic E-state index is -0.180. The second-order valence-electron chi connectivity index (χ2n) is 6.61. The van der Waals surface area contributed by atoms with Gasteiger partial charge in [-0.25, -0.2) is 4.98 Å². The number of rotatable bonds is 2. The molecule has 1 aromatic carbocycles. The van der Waals surface area contributed by atoms with Crippen molar-refractivity contribution in [3.8, 4) is 0 Å². The highest BCUT2D eigenvalue weighted by Crippen LogP contribution is 2.38. The van der Waals surface area contributed by atoms with Crippen molar-refractivity contribution in [1.82, 2.24) is 9.97 Å². The first-order chi connectivity index (χ1) is 12.1. The fourth-order valence-electron chi connectivity index (χ4n) is 3.18. The number of anilines is 2. The van der Waals surface area contributed by atoms with E-state index in [9.17, 15) is 9.59 Å². The van der Waals surface area contributed by atoms with Crippen LogP contribution < -0.4 is 9.80 Å². The number of hydrogen-bond acceptors (Lipinski definition) is 4. The zero-order valence-electron chi connectivity index (χ0n) is 14.2. The van der Waals surface area contributed by atoms with Gasteiger partial charge in [0.25, 0.3) is 5.91 Å². The maximum Gasteiger partial charge on any atom is 0.278 e. The van der Waals surface area contributed by atoms with E-state index >= 15 is 0 Å². The third kappa shape index (κ3) is 2.99. The molecule has 0 spiro atoms. The summed E-state index contributed by atoms with van der Waals surface area (Å²) < 4.78 is 0. The van der Waals surface area contributed by atoms with Crippen LogP contribution in [0.25, 0.3) is 0 Å². The van der Waals surface area contributed by atoms with Crippen LogP contribution >= 0.6 is 0 Å². The minimum Gasteiger partial charge on any atom is -0.310 e. The van der Waals surface area contributed by atoms with E-state index in [2.05, 4.69) is 9.97 Å². The highest BCUT2D eigenvalue weighted by atomic mass is 16.2. The molecule has 0 atom stereocenters. The molecule has 2 amide bonds. The van der Waals surface area contributed by atoms with Crippen LogP contribution in [0.15, 0.2) is 36.7 Å². The Morgan fingerprint density at radius 3 is 2.32 bits per heavy atom. The maximum atomic E-state index is 13.0. The lowest BCUT2D eigenvalue weighted by Gasteiger charge is -2.25. The van der Waals surface area contributed by atoms with Gasteiger partial charge in [0.05, 0.1) is 23.3 Å². The third-order valence-corrected chi connectivity index (χ3v) is 4.66. The number of fused-ring (bicyclic) bond motifs is 1. The molecule has 1 aromatic heterocycles. The van der Waals surface area contributed by atoms with Crippen LogP contribution in [-0.4, -0.2) is 34.9 Å². The monoisotopic (exact) mass is 336 g/mol. The molecule has 4 rings (SSSR count). The van der Waals surface area contributed by atoms with Crippen molar-refractivity contribution in [2.24, 2.45) is 5.92 Å². The van der Waals surface area contributed by atoms with Crippen molar-refractivity contribution >= 4 is 23.2 Å². The molecule has 1 aliphatic carbocycles. The second-order valence-corrected chi connectivity index (χ2v) is 6.61. The van der Waals surface area contributed by atoms with Crippen LogP contribution in [-0.2, 0) is 4.79 Å².